The summed E-state index contributed by atoms with van der Waals surface area (Å²) >= 11 is 0. The van der Waals surface area contributed by atoms with Gasteiger partial charge in [-0.15, -0.1) is 0 Å². The fraction of sp³-hybridized carbons (Fsp3) is 0.677. The highest BCUT2D eigenvalue weighted by Gasteiger charge is 2.31. The predicted molar refractivity (Wildman–Crippen MR) is 156 cm³/mol. The summed E-state index contributed by atoms with van der Waals surface area (Å²) in [6.07, 6.45) is 7.67. The summed E-state index contributed by atoms with van der Waals surface area (Å²) in [7, 11) is 0. The van der Waals surface area contributed by atoms with Crippen LogP contribution in [0.1, 0.15) is 70.8 Å². The number of carbonyl (C=O) groups is 4. The number of benzene rings is 1. The summed E-state index contributed by atoms with van der Waals surface area (Å²) in [5.74, 6) is -1.72. The highest BCUT2D eigenvalue weighted by atomic mass is 16.5. The van der Waals surface area contributed by atoms with Crippen molar-refractivity contribution < 1.29 is 29.0 Å². The number of carbonyl (C=O) groups excluding carboxylic acids is 3. The van der Waals surface area contributed by atoms with E-state index in [-0.39, 0.29) is 24.8 Å². The van der Waals surface area contributed by atoms with E-state index >= 15 is 0 Å². The number of nitrogens with zero attached hydrogens (tertiary/aromatic N) is 1. The molecule has 0 bridgehead atoms. The second kappa shape index (κ2) is 17.1. The van der Waals surface area contributed by atoms with Crippen molar-refractivity contribution in [2.45, 2.75) is 89.8 Å². The molecule has 1 aliphatic carbocycles. The molecule has 1 aromatic carbocycles. The molecule has 10 nitrogen and oxygen atoms in total. The number of ether oxygens (including phenoxy) is 1. The molecular formula is C31H48N4O6. The first kappa shape index (κ1) is 32.5. The second-order valence-corrected chi connectivity index (χ2v) is 11.9. The van der Waals surface area contributed by atoms with Crippen molar-refractivity contribution in [2.24, 2.45) is 11.8 Å². The number of rotatable bonds is 15. The number of hydrogen-bond donors (Lipinski definition) is 4. The van der Waals surface area contributed by atoms with E-state index in [2.05, 4.69) is 16.0 Å². The lowest BCUT2D eigenvalue weighted by Crippen LogP contribution is -2.57. The third kappa shape index (κ3) is 11.8. The molecular weight excluding hydrogens is 524 g/mol. The van der Waals surface area contributed by atoms with Crippen LogP contribution in [0.3, 0.4) is 0 Å². The lowest BCUT2D eigenvalue weighted by atomic mass is 9.85. The fourth-order valence-electron chi connectivity index (χ4n) is 5.65. The number of morpholine rings is 1. The van der Waals surface area contributed by atoms with Gasteiger partial charge in [0.25, 0.3) is 0 Å². The Kier molecular flexibility index (Phi) is 13.6. The highest BCUT2D eigenvalue weighted by molar-refractivity contribution is 5.93. The molecule has 0 aromatic heterocycles. The summed E-state index contributed by atoms with van der Waals surface area (Å²) in [6.45, 7) is 6.55. The number of carboxylic acid groups (broad SMARTS) is 1. The molecule has 1 aliphatic heterocycles. The number of carboxylic acids is 1. The van der Waals surface area contributed by atoms with Crippen molar-refractivity contribution in [2.75, 3.05) is 32.8 Å². The lowest BCUT2D eigenvalue weighted by molar-refractivity contribution is -0.142. The number of hydrogen-bond acceptors (Lipinski definition) is 6. The Morgan fingerprint density at radius 2 is 1.54 bits per heavy atom. The van der Waals surface area contributed by atoms with Crippen molar-refractivity contribution in [3.63, 3.8) is 0 Å². The molecule has 2 aliphatic rings. The van der Waals surface area contributed by atoms with Crippen LogP contribution in [0, 0.1) is 11.8 Å². The monoisotopic (exact) mass is 572 g/mol. The molecule has 41 heavy (non-hydrogen) atoms. The van der Waals surface area contributed by atoms with Gasteiger partial charge in [-0.2, -0.15) is 0 Å². The minimum absolute atomic E-state index is 0.0695. The van der Waals surface area contributed by atoms with Crippen LogP contribution >= 0.6 is 0 Å². The van der Waals surface area contributed by atoms with E-state index in [9.17, 15) is 24.3 Å². The molecule has 1 saturated carbocycles. The Labute approximate surface area is 244 Å². The van der Waals surface area contributed by atoms with Gasteiger partial charge in [-0.25, -0.2) is 4.79 Å². The van der Waals surface area contributed by atoms with Gasteiger partial charge in [-0.3, -0.25) is 19.3 Å². The first-order valence-electron chi connectivity index (χ1n) is 15.2. The van der Waals surface area contributed by atoms with Gasteiger partial charge in [0.15, 0.2) is 0 Å². The van der Waals surface area contributed by atoms with E-state index in [4.69, 9.17) is 4.74 Å². The summed E-state index contributed by atoms with van der Waals surface area (Å²) < 4.78 is 5.37. The molecule has 1 aromatic rings. The normalized spacial score (nSPS) is 18.7. The van der Waals surface area contributed by atoms with Gasteiger partial charge in [0.05, 0.1) is 19.8 Å². The van der Waals surface area contributed by atoms with E-state index in [0.717, 1.165) is 24.8 Å². The van der Waals surface area contributed by atoms with E-state index < -0.39 is 35.9 Å². The molecule has 3 amide bonds. The van der Waals surface area contributed by atoms with Gasteiger partial charge < -0.3 is 25.8 Å². The van der Waals surface area contributed by atoms with Crippen LogP contribution in [-0.4, -0.2) is 84.7 Å². The molecule has 1 heterocycles. The SMILES string of the molecule is CC(C)C[C@H](NC(=O)[C@H](CCC1CCCCC1)NC(=O)CN1CCOCC1)C(=O)N[C@@H](Cc1ccccc1)C(=O)O. The lowest BCUT2D eigenvalue weighted by Gasteiger charge is -2.29. The summed E-state index contributed by atoms with van der Waals surface area (Å²) in [5, 5.41) is 18.2. The van der Waals surface area contributed by atoms with Crippen molar-refractivity contribution in [1.29, 1.82) is 0 Å². The topological polar surface area (TPSA) is 137 Å². The first-order chi connectivity index (χ1) is 19.7. The Balaban J connectivity index is 1.67. The summed E-state index contributed by atoms with van der Waals surface area (Å²) in [6, 6.07) is 6.28. The van der Waals surface area contributed by atoms with Gasteiger partial charge >= 0.3 is 5.97 Å². The van der Waals surface area contributed by atoms with E-state index in [1.807, 2.05) is 49.1 Å². The van der Waals surface area contributed by atoms with Gasteiger partial charge in [-0.1, -0.05) is 76.3 Å². The van der Waals surface area contributed by atoms with Crippen LogP contribution in [0.5, 0.6) is 0 Å². The van der Waals surface area contributed by atoms with Crippen molar-refractivity contribution >= 4 is 23.7 Å². The third-order valence-electron chi connectivity index (χ3n) is 7.95. The van der Waals surface area contributed by atoms with E-state index in [1.54, 1.807) is 0 Å². The van der Waals surface area contributed by atoms with Gasteiger partial charge in [-0.05, 0) is 36.7 Å². The van der Waals surface area contributed by atoms with Crippen molar-refractivity contribution in [1.82, 2.24) is 20.9 Å². The van der Waals surface area contributed by atoms with Gasteiger partial charge in [0.2, 0.25) is 17.7 Å². The van der Waals surface area contributed by atoms with Crippen LogP contribution in [0.25, 0.3) is 0 Å². The Morgan fingerprint density at radius 1 is 0.902 bits per heavy atom. The Morgan fingerprint density at radius 3 is 2.17 bits per heavy atom. The average Bonchev–Trinajstić information content (AvgIpc) is 2.95. The molecule has 10 heteroatoms. The highest BCUT2D eigenvalue weighted by Crippen LogP contribution is 2.27. The van der Waals surface area contributed by atoms with Crippen molar-refractivity contribution in [3.8, 4) is 0 Å². The van der Waals surface area contributed by atoms with Crippen LogP contribution in [0.15, 0.2) is 30.3 Å². The van der Waals surface area contributed by atoms with Crippen LogP contribution in [-0.2, 0) is 30.3 Å². The zero-order valence-corrected chi connectivity index (χ0v) is 24.6. The zero-order valence-electron chi connectivity index (χ0n) is 24.6. The minimum Gasteiger partial charge on any atom is -0.480 e. The fourth-order valence-corrected chi connectivity index (χ4v) is 5.65. The number of nitrogens with one attached hydrogen (secondary N) is 3. The second-order valence-electron chi connectivity index (χ2n) is 11.9. The molecule has 0 spiro atoms. The summed E-state index contributed by atoms with van der Waals surface area (Å²) in [4.78, 5) is 53.9. The van der Waals surface area contributed by atoms with Gasteiger partial charge in [0.1, 0.15) is 18.1 Å². The number of amides is 3. The van der Waals surface area contributed by atoms with Crippen LogP contribution in [0.2, 0.25) is 0 Å². The number of aliphatic carboxylic acids is 1. The molecule has 0 radical (unpaired) electrons. The van der Waals surface area contributed by atoms with Crippen molar-refractivity contribution in [3.05, 3.63) is 35.9 Å². The minimum atomic E-state index is -1.14. The quantitative estimate of drug-likeness (QED) is 0.253. The summed E-state index contributed by atoms with van der Waals surface area (Å²) in [5.41, 5.74) is 0.787. The molecule has 3 atom stereocenters. The first-order valence-corrected chi connectivity index (χ1v) is 15.2. The Bertz CT molecular complexity index is 976. The van der Waals surface area contributed by atoms with E-state index in [1.165, 1.54) is 19.3 Å². The molecule has 4 N–H and O–H groups in total. The largest absolute Gasteiger partial charge is 0.480 e. The third-order valence-corrected chi connectivity index (χ3v) is 7.95. The van der Waals surface area contributed by atoms with Crippen LogP contribution in [0.4, 0.5) is 0 Å². The zero-order chi connectivity index (χ0) is 29.6. The molecule has 3 rings (SSSR count). The smallest absolute Gasteiger partial charge is 0.326 e. The van der Waals surface area contributed by atoms with Gasteiger partial charge in [0, 0.05) is 19.5 Å². The Hall–Kier alpha value is -2.98. The van der Waals surface area contributed by atoms with E-state index in [0.29, 0.717) is 45.1 Å². The molecule has 228 valence electrons. The maximum absolute atomic E-state index is 13.6. The van der Waals surface area contributed by atoms with Crippen LogP contribution < -0.4 is 16.0 Å². The molecule has 0 unspecified atom stereocenters. The predicted octanol–water partition coefficient (Wildman–Crippen LogP) is 2.51. The maximum atomic E-state index is 13.6. The molecule has 2 fully saturated rings. The standard InChI is InChI=1S/C31H48N4O6/c1-22(2)19-26(30(38)34-27(31(39)40)20-24-11-7-4-8-12-24)33-29(37)25(14-13-23-9-5-3-6-10-23)32-28(36)21-35-15-17-41-18-16-35/h4,7-8,11-12,22-23,25-27H,3,5-6,9-10,13-21H2,1-2H3,(H,32,36)(H,33,37)(H,34,38)(H,39,40)/t25-,26-,27-/m0/s1. The maximum Gasteiger partial charge on any atom is 0.326 e. The average molecular weight is 573 g/mol. The molecule has 1 saturated heterocycles.